The number of ether oxygens (including phenoxy) is 1. The van der Waals surface area contributed by atoms with Crippen molar-refractivity contribution in [3.8, 4) is 0 Å². The van der Waals surface area contributed by atoms with Crippen molar-refractivity contribution >= 4 is 17.7 Å². The highest BCUT2D eigenvalue weighted by molar-refractivity contribution is 7.99. The predicted molar refractivity (Wildman–Crippen MR) is 82.0 cm³/mol. The number of carbonyl (C=O) groups is 1. The molecule has 2 heterocycles. The van der Waals surface area contributed by atoms with Crippen LogP contribution in [-0.4, -0.2) is 39.1 Å². The van der Waals surface area contributed by atoms with Gasteiger partial charge in [0.15, 0.2) is 5.16 Å². The Bertz CT molecular complexity index is 474. The first kappa shape index (κ1) is 16.0. The maximum Gasteiger partial charge on any atom is 0.217 e. The first-order valence-corrected chi connectivity index (χ1v) is 8.14. The zero-order valence-electron chi connectivity index (χ0n) is 12.4. The molecule has 2 N–H and O–H groups in total. The van der Waals surface area contributed by atoms with Gasteiger partial charge in [0.05, 0.1) is 12.6 Å². The Hall–Kier alpha value is -1.34. The number of aromatic nitrogens is 3. The second-order valence-electron chi connectivity index (χ2n) is 5.36. The molecule has 1 aromatic heterocycles. The SMILES string of the molecule is C=C(C)CSc1nnc(CCC(N)=O)n1CC1CCCO1. The normalized spacial score (nSPS) is 18.0. The topological polar surface area (TPSA) is 83.0 Å². The lowest BCUT2D eigenvalue weighted by Crippen LogP contribution is -2.19. The van der Waals surface area contributed by atoms with Gasteiger partial charge in [-0.15, -0.1) is 10.2 Å². The number of aryl methyl sites for hydroxylation is 1. The monoisotopic (exact) mass is 310 g/mol. The van der Waals surface area contributed by atoms with Gasteiger partial charge in [-0.3, -0.25) is 4.79 Å². The van der Waals surface area contributed by atoms with Gasteiger partial charge >= 0.3 is 0 Å². The fraction of sp³-hybridized carbons (Fsp3) is 0.643. The van der Waals surface area contributed by atoms with Crippen molar-refractivity contribution in [2.75, 3.05) is 12.4 Å². The molecule has 0 spiro atoms. The molecule has 1 atom stereocenters. The average Bonchev–Trinajstić information content (AvgIpc) is 3.05. The van der Waals surface area contributed by atoms with Gasteiger partial charge in [0.2, 0.25) is 5.91 Å². The zero-order valence-corrected chi connectivity index (χ0v) is 13.2. The number of amides is 1. The van der Waals surface area contributed by atoms with Gasteiger partial charge < -0.3 is 15.0 Å². The van der Waals surface area contributed by atoms with Gasteiger partial charge in [-0.1, -0.05) is 23.9 Å². The van der Waals surface area contributed by atoms with E-state index < -0.39 is 0 Å². The average molecular weight is 310 g/mol. The molecule has 7 heteroatoms. The van der Waals surface area contributed by atoms with E-state index in [1.165, 1.54) is 0 Å². The highest BCUT2D eigenvalue weighted by atomic mass is 32.2. The summed E-state index contributed by atoms with van der Waals surface area (Å²) in [7, 11) is 0. The number of carbonyl (C=O) groups excluding carboxylic acids is 1. The number of thioether (sulfide) groups is 1. The van der Waals surface area contributed by atoms with Crippen LogP contribution in [0.3, 0.4) is 0 Å². The van der Waals surface area contributed by atoms with E-state index in [9.17, 15) is 4.79 Å². The predicted octanol–water partition coefficient (Wildman–Crippen LogP) is 1.54. The van der Waals surface area contributed by atoms with Gasteiger partial charge in [0, 0.05) is 25.2 Å². The summed E-state index contributed by atoms with van der Waals surface area (Å²) >= 11 is 1.61. The molecule has 1 saturated heterocycles. The van der Waals surface area contributed by atoms with E-state index in [0.717, 1.165) is 48.3 Å². The summed E-state index contributed by atoms with van der Waals surface area (Å²) in [6, 6.07) is 0. The smallest absolute Gasteiger partial charge is 0.217 e. The van der Waals surface area contributed by atoms with E-state index >= 15 is 0 Å². The van der Waals surface area contributed by atoms with Crippen LogP contribution in [0.25, 0.3) is 0 Å². The van der Waals surface area contributed by atoms with Gasteiger partial charge in [0.1, 0.15) is 5.82 Å². The van der Waals surface area contributed by atoms with Gasteiger partial charge in [-0.2, -0.15) is 0 Å². The van der Waals surface area contributed by atoms with Crippen molar-refractivity contribution in [3.05, 3.63) is 18.0 Å². The molecule has 21 heavy (non-hydrogen) atoms. The Balaban J connectivity index is 2.10. The Kier molecular flexibility index (Phi) is 5.81. The Morgan fingerprint density at radius 1 is 1.57 bits per heavy atom. The van der Waals surface area contributed by atoms with E-state index in [2.05, 4.69) is 21.3 Å². The van der Waals surface area contributed by atoms with Crippen molar-refractivity contribution in [3.63, 3.8) is 0 Å². The van der Waals surface area contributed by atoms with Crippen LogP contribution in [0.4, 0.5) is 0 Å². The first-order valence-electron chi connectivity index (χ1n) is 7.15. The van der Waals surface area contributed by atoms with Crippen LogP contribution >= 0.6 is 11.8 Å². The largest absolute Gasteiger partial charge is 0.376 e. The first-order chi connectivity index (χ1) is 10.1. The minimum Gasteiger partial charge on any atom is -0.376 e. The fourth-order valence-electron chi connectivity index (χ4n) is 2.21. The summed E-state index contributed by atoms with van der Waals surface area (Å²) in [4.78, 5) is 11.0. The quantitative estimate of drug-likeness (QED) is 0.582. The number of nitrogens with zero attached hydrogens (tertiary/aromatic N) is 3. The van der Waals surface area contributed by atoms with E-state index in [0.29, 0.717) is 6.42 Å². The van der Waals surface area contributed by atoms with Gasteiger partial charge in [-0.25, -0.2) is 0 Å². The van der Waals surface area contributed by atoms with Gasteiger partial charge in [-0.05, 0) is 19.8 Å². The Morgan fingerprint density at radius 2 is 2.38 bits per heavy atom. The number of primary amides is 1. The molecule has 0 aliphatic carbocycles. The Morgan fingerprint density at radius 3 is 3.00 bits per heavy atom. The molecule has 0 radical (unpaired) electrons. The van der Waals surface area contributed by atoms with E-state index in [1.54, 1.807) is 11.8 Å². The Labute approximate surface area is 129 Å². The fourth-order valence-corrected chi connectivity index (χ4v) is 3.02. The number of nitrogens with two attached hydrogens (primary N) is 1. The van der Waals surface area contributed by atoms with Crippen LogP contribution in [0.5, 0.6) is 0 Å². The van der Waals surface area contributed by atoms with Crippen LogP contribution < -0.4 is 5.73 Å². The third-order valence-electron chi connectivity index (χ3n) is 3.25. The van der Waals surface area contributed by atoms with Crippen molar-refractivity contribution < 1.29 is 9.53 Å². The third-order valence-corrected chi connectivity index (χ3v) is 4.44. The van der Waals surface area contributed by atoms with E-state index in [1.807, 2.05) is 6.92 Å². The molecule has 0 saturated carbocycles. The lowest BCUT2D eigenvalue weighted by molar-refractivity contribution is -0.118. The van der Waals surface area contributed by atoms with Crippen LogP contribution in [-0.2, 0) is 22.5 Å². The molecule has 1 fully saturated rings. The third kappa shape index (κ3) is 4.86. The summed E-state index contributed by atoms with van der Waals surface area (Å²) < 4.78 is 7.75. The van der Waals surface area contributed by atoms with E-state index in [4.69, 9.17) is 10.5 Å². The molecule has 1 aromatic rings. The summed E-state index contributed by atoms with van der Waals surface area (Å²) in [6.07, 6.45) is 3.16. The van der Waals surface area contributed by atoms with Crippen molar-refractivity contribution in [1.29, 1.82) is 0 Å². The number of hydrogen-bond donors (Lipinski definition) is 1. The second-order valence-corrected chi connectivity index (χ2v) is 6.30. The molecule has 116 valence electrons. The maximum atomic E-state index is 11.0. The number of rotatable bonds is 8. The molecule has 0 aromatic carbocycles. The molecular formula is C14H22N4O2S. The van der Waals surface area contributed by atoms with Crippen LogP contribution in [0.2, 0.25) is 0 Å². The zero-order chi connectivity index (χ0) is 15.2. The molecule has 1 unspecified atom stereocenters. The van der Waals surface area contributed by atoms with Crippen molar-refractivity contribution in [2.45, 2.75) is 50.4 Å². The van der Waals surface area contributed by atoms with Crippen molar-refractivity contribution in [1.82, 2.24) is 14.8 Å². The molecular weight excluding hydrogens is 288 g/mol. The van der Waals surface area contributed by atoms with Crippen LogP contribution in [0, 0.1) is 0 Å². The maximum absolute atomic E-state index is 11.0. The van der Waals surface area contributed by atoms with Crippen LogP contribution in [0.1, 0.15) is 32.0 Å². The summed E-state index contributed by atoms with van der Waals surface area (Å²) in [6.45, 7) is 7.45. The minimum atomic E-state index is -0.321. The molecule has 6 nitrogen and oxygen atoms in total. The van der Waals surface area contributed by atoms with Crippen molar-refractivity contribution in [2.24, 2.45) is 5.73 Å². The number of hydrogen-bond acceptors (Lipinski definition) is 5. The standard InChI is InChI=1S/C14H22N4O2S/c1-10(2)9-21-14-17-16-13(6-5-12(15)19)18(14)8-11-4-3-7-20-11/h11H,1,3-9H2,2H3,(H2,15,19). The summed E-state index contributed by atoms with van der Waals surface area (Å²) in [5.74, 6) is 1.28. The molecule has 1 aliphatic heterocycles. The van der Waals surface area contributed by atoms with Crippen LogP contribution in [0.15, 0.2) is 17.3 Å². The summed E-state index contributed by atoms with van der Waals surface area (Å²) in [5, 5.41) is 9.30. The van der Waals surface area contributed by atoms with Gasteiger partial charge in [0.25, 0.3) is 0 Å². The molecule has 0 bridgehead atoms. The molecule has 1 amide bonds. The molecule has 2 rings (SSSR count). The second kappa shape index (κ2) is 7.61. The lowest BCUT2D eigenvalue weighted by Gasteiger charge is -2.14. The highest BCUT2D eigenvalue weighted by Gasteiger charge is 2.21. The minimum absolute atomic E-state index is 0.206. The van der Waals surface area contributed by atoms with E-state index in [-0.39, 0.29) is 18.4 Å². The molecule has 1 aliphatic rings. The summed E-state index contributed by atoms with van der Waals surface area (Å²) in [5.41, 5.74) is 6.31. The highest BCUT2D eigenvalue weighted by Crippen LogP contribution is 2.23. The lowest BCUT2D eigenvalue weighted by atomic mass is 10.2.